The quantitative estimate of drug-likeness (QED) is 0.884. The number of aryl methyl sites for hydroxylation is 1. The highest BCUT2D eigenvalue weighted by atomic mass is 16.5. The van der Waals surface area contributed by atoms with Crippen LogP contribution in [-0.2, 0) is 6.54 Å². The molecule has 1 fully saturated rings. The van der Waals surface area contributed by atoms with Gasteiger partial charge in [0, 0.05) is 13.1 Å². The Morgan fingerprint density at radius 1 is 1.33 bits per heavy atom. The summed E-state index contributed by atoms with van der Waals surface area (Å²) in [4.78, 5) is 18.1. The molecule has 0 radical (unpaired) electrons. The summed E-state index contributed by atoms with van der Waals surface area (Å²) in [5, 5.41) is 14.4. The van der Waals surface area contributed by atoms with Crippen LogP contribution in [0.5, 0.6) is 0 Å². The highest BCUT2D eigenvalue weighted by Gasteiger charge is 2.15. The van der Waals surface area contributed by atoms with Crippen LogP contribution in [0.2, 0.25) is 0 Å². The van der Waals surface area contributed by atoms with Gasteiger partial charge in [-0.25, -0.2) is 0 Å². The number of nitrogens with zero attached hydrogens (tertiary/aromatic N) is 5. The molecule has 0 saturated carbocycles. The highest BCUT2D eigenvalue weighted by Crippen LogP contribution is 2.16. The normalized spacial score (nSPS) is 14.4. The number of carbonyl (C=O) groups excluding carboxylic acids is 1. The van der Waals surface area contributed by atoms with Gasteiger partial charge in [0.05, 0.1) is 6.54 Å². The smallest absolute Gasteiger partial charge is 0.272 e. The fourth-order valence-electron chi connectivity index (χ4n) is 2.22. The molecule has 0 bridgehead atoms. The van der Waals surface area contributed by atoms with E-state index in [-0.39, 0.29) is 18.1 Å². The average Bonchev–Trinajstić information content (AvgIpc) is 3.16. The van der Waals surface area contributed by atoms with Gasteiger partial charge in [-0.15, -0.1) is 10.2 Å². The average molecular weight is 288 g/mol. The number of carbonyl (C=O) groups is 1. The Hall–Kier alpha value is -2.51. The topological polar surface area (TPSA) is 97.0 Å². The van der Waals surface area contributed by atoms with Crippen LogP contribution < -0.4 is 10.2 Å². The standard InChI is InChI=1S/C13H16N6O2/c1-9-15-12(21-18-9)8-14-13(20)10-4-5-11(17-16-10)19-6-2-3-7-19/h4-5H,2-3,6-8H2,1H3,(H,14,20). The molecule has 2 aromatic rings. The Bertz CT molecular complexity index is 618. The zero-order chi connectivity index (χ0) is 14.7. The van der Waals surface area contributed by atoms with Crippen LogP contribution in [0.3, 0.4) is 0 Å². The Morgan fingerprint density at radius 3 is 2.76 bits per heavy atom. The van der Waals surface area contributed by atoms with Crippen molar-refractivity contribution in [2.45, 2.75) is 26.3 Å². The molecule has 1 N–H and O–H groups in total. The molecule has 0 aromatic carbocycles. The molecule has 1 saturated heterocycles. The van der Waals surface area contributed by atoms with Gasteiger partial charge in [0.25, 0.3) is 5.91 Å². The monoisotopic (exact) mass is 288 g/mol. The SMILES string of the molecule is Cc1noc(CNC(=O)c2ccc(N3CCCC3)nn2)n1. The Labute approximate surface area is 121 Å². The maximum atomic E-state index is 11.9. The van der Waals surface area contributed by atoms with Crippen LogP contribution in [0, 0.1) is 6.92 Å². The van der Waals surface area contributed by atoms with Crippen LogP contribution in [0.1, 0.15) is 35.0 Å². The molecule has 8 heteroatoms. The molecule has 0 spiro atoms. The number of aromatic nitrogens is 4. The summed E-state index contributed by atoms with van der Waals surface area (Å²) in [5.41, 5.74) is 0.272. The van der Waals surface area contributed by atoms with Crippen molar-refractivity contribution in [2.75, 3.05) is 18.0 Å². The molecule has 0 aliphatic carbocycles. The molecule has 0 unspecified atom stereocenters. The second-order valence-corrected chi connectivity index (χ2v) is 4.89. The molecule has 2 aromatic heterocycles. The van der Waals surface area contributed by atoms with Gasteiger partial charge < -0.3 is 14.7 Å². The van der Waals surface area contributed by atoms with Crippen molar-refractivity contribution in [3.05, 3.63) is 29.5 Å². The van der Waals surface area contributed by atoms with Gasteiger partial charge >= 0.3 is 0 Å². The maximum absolute atomic E-state index is 11.9. The van der Waals surface area contributed by atoms with Gasteiger partial charge in [-0.1, -0.05) is 5.16 Å². The van der Waals surface area contributed by atoms with Gasteiger partial charge in [-0.3, -0.25) is 4.79 Å². The van der Waals surface area contributed by atoms with E-state index < -0.39 is 0 Å². The van der Waals surface area contributed by atoms with E-state index in [0.29, 0.717) is 11.7 Å². The first kappa shape index (κ1) is 13.5. The van der Waals surface area contributed by atoms with Crippen LogP contribution in [-0.4, -0.2) is 39.3 Å². The Morgan fingerprint density at radius 2 is 2.14 bits per heavy atom. The lowest BCUT2D eigenvalue weighted by atomic mass is 10.3. The molecule has 0 atom stereocenters. The van der Waals surface area contributed by atoms with Gasteiger partial charge in [0.1, 0.15) is 0 Å². The first-order chi connectivity index (χ1) is 10.2. The first-order valence-electron chi connectivity index (χ1n) is 6.88. The number of hydrogen-bond donors (Lipinski definition) is 1. The lowest BCUT2D eigenvalue weighted by molar-refractivity contribution is 0.0940. The lowest BCUT2D eigenvalue weighted by Crippen LogP contribution is -2.25. The molecular formula is C13H16N6O2. The zero-order valence-electron chi connectivity index (χ0n) is 11.7. The summed E-state index contributed by atoms with van der Waals surface area (Å²) in [6.07, 6.45) is 2.35. The number of rotatable bonds is 4. The van der Waals surface area contributed by atoms with Crippen molar-refractivity contribution in [2.24, 2.45) is 0 Å². The van der Waals surface area contributed by atoms with Crippen LogP contribution in [0.15, 0.2) is 16.7 Å². The van der Waals surface area contributed by atoms with E-state index in [1.807, 2.05) is 6.07 Å². The largest absolute Gasteiger partial charge is 0.355 e. The number of anilines is 1. The van der Waals surface area contributed by atoms with Gasteiger partial charge in [-0.05, 0) is 31.9 Å². The molecule has 1 amide bonds. The third-order valence-corrected chi connectivity index (χ3v) is 3.28. The van der Waals surface area contributed by atoms with E-state index in [4.69, 9.17) is 4.52 Å². The minimum absolute atomic E-state index is 0.176. The summed E-state index contributed by atoms with van der Waals surface area (Å²) in [6.45, 7) is 3.89. The van der Waals surface area contributed by atoms with Crippen LogP contribution in [0.4, 0.5) is 5.82 Å². The second-order valence-electron chi connectivity index (χ2n) is 4.89. The molecular weight excluding hydrogens is 272 g/mol. The minimum Gasteiger partial charge on any atom is -0.355 e. The molecule has 110 valence electrons. The minimum atomic E-state index is -0.314. The predicted octanol–water partition coefficient (Wildman–Crippen LogP) is 0.698. The van der Waals surface area contributed by atoms with Gasteiger partial charge in [0.2, 0.25) is 5.89 Å². The van der Waals surface area contributed by atoms with E-state index in [2.05, 4.69) is 30.6 Å². The van der Waals surface area contributed by atoms with E-state index in [1.165, 1.54) is 12.8 Å². The van der Waals surface area contributed by atoms with E-state index >= 15 is 0 Å². The van der Waals surface area contributed by atoms with Crippen molar-refractivity contribution in [3.63, 3.8) is 0 Å². The highest BCUT2D eigenvalue weighted by molar-refractivity contribution is 5.92. The molecule has 3 heterocycles. The maximum Gasteiger partial charge on any atom is 0.272 e. The van der Waals surface area contributed by atoms with Crippen molar-refractivity contribution in [1.29, 1.82) is 0 Å². The van der Waals surface area contributed by atoms with E-state index in [9.17, 15) is 4.79 Å². The van der Waals surface area contributed by atoms with Crippen molar-refractivity contribution >= 4 is 11.7 Å². The lowest BCUT2D eigenvalue weighted by Gasteiger charge is -2.15. The van der Waals surface area contributed by atoms with Gasteiger partial charge in [0.15, 0.2) is 17.3 Å². The molecule has 8 nitrogen and oxygen atoms in total. The zero-order valence-corrected chi connectivity index (χ0v) is 11.7. The van der Waals surface area contributed by atoms with Crippen LogP contribution in [0.25, 0.3) is 0 Å². The first-order valence-corrected chi connectivity index (χ1v) is 6.88. The third kappa shape index (κ3) is 3.15. The molecule has 1 aliphatic heterocycles. The summed E-state index contributed by atoms with van der Waals surface area (Å²) in [6, 6.07) is 3.50. The van der Waals surface area contributed by atoms with Crippen molar-refractivity contribution in [3.8, 4) is 0 Å². The summed E-state index contributed by atoms with van der Waals surface area (Å²) in [7, 11) is 0. The second kappa shape index (κ2) is 5.86. The summed E-state index contributed by atoms with van der Waals surface area (Å²) in [5.74, 6) is 1.40. The Kier molecular flexibility index (Phi) is 3.76. The third-order valence-electron chi connectivity index (χ3n) is 3.28. The molecule has 3 rings (SSSR count). The fraction of sp³-hybridized carbons (Fsp3) is 0.462. The van der Waals surface area contributed by atoms with Crippen molar-refractivity contribution < 1.29 is 9.32 Å². The van der Waals surface area contributed by atoms with E-state index in [0.717, 1.165) is 18.9 Å². The number of nitrogens with one attached hydrogen (secondary N) is 1. The predicted molar refractivity (Wildman–Crippen MR) is 73.7 cm³/mol. The van der Waals surface area contributed by atoms with Gasteiger partial charge in [-0.2, -0.15) is 4.98 Å². The molecule has 21 heavy (non-hydrogen) atoms. The summed E-state index contributed by atoms with van der Waals surface area (Å²) >= 11 is 0. The molecule has 1 aliphatic rings. The Balaban J connectivity index is 1.59. The summed E-state index contributed by atoms with van der Waals surface area (Å²) < 4.78 is 4.92. The fourth-order valence-corrected chi connectivity index (χ4v) is 2.22. The van der Waals surface area contributed by atoms with Crippen molar-refractivity contribution in [1.82, 2.24) is 25.7 Å². The number of amides is 1. The number of hydrogen-bond acceptors (Lipinski definition) is 7. The van der Waals surface area contributed by atoms with E-state index in [1.54, 1.807) is 13.0 Å². The van der Waals surface area contributed by atoms with Crippen LogP contribution >= 0.6 is 0 Å².